The van der Waals surface area contributed by atoms with Crippen LogP contribution in [-0.2, 0) is 0 Å². The Morgan fingerprint density at radius 3 is 1.82 bits per heavy atom. The highest BCUT2D eigenvalue weighted by Crippen LogP contribution is 2.31. The first-order valence-electron chi connectivity index (χ1n) is 10.6. The number of nitrogens with zero attached hydrogens (tertiary/aromatic N) is 2. The van der Waals surface area contributed by atoms with Gasteiger partial charge in [0.1, 0.15) is 0 Å². The summed E-state index contributed by atoms with van der Waals surface area (Å²) < 4.78 is 0. The molecule has 0 aromatic heterocycles. The van der Waals surface area contributed by atoms with Crippen LogP contribution in [0.1, 0.15) is 47.9 Å². The van der Waals surface area contributed by atoms with Gasteiger partial charge in [-0.05, 0) is 87.8 Å². The number of rotatable bonds is 2. The fourth-order valence-corrected chi connectivity index (χ4v) is 4.43. The second-order valence-corrected chi connectivity index (χ2v) is 8.33. The van der Waals surface area contributed by atoms with Crippen LogP contribution in [0.15, 0.2) is 24.3 Å². The minimum absolute atomic E-state index is 0.914. The van der Waals surface area contributed by atoms with Crippen LogP contribution in [0, 0.1) is 27.7 Å². The van der Waals surface area contributed by atoms with E-state index in [4.69, 9.17) is 11.5 Å². The molecule has 4 rings (SSSR count). The molecule has 2 aliphatic heterocycles. The van der Waals surface area contributed by atoms with Gasteiger partial charge < -0.3 is 21.3 Å². The van der Waals surface area contributed by atoms with E-state index in [9.17, 15) is 0 Å². The molecule has 0 amide bonds. The number of hydrogen-bond acceptors (Lipinski definition) is 4. The first-order valence-corrected chi connectivity index (χ1v) is 10.6. The van der Waals surface area contributed by atoms with E-state index < -0.39 is 0 Å². The maximum absolute atomic E-state index is 5.93. The van der Waals surface area contributed by atoms with E-state index in [0.29, 0.717) is 0 Å². The van der Waals surface area contributed by atoms with Crippen molar-refractivity contribution in [3.63, 3.8) is 0 Å². The van der Waals surface area contributed by atoms with Crippen LogP contribution in [0.25, 0.3) is 0 Å². The maximum atomic E-state index is 5.93. The van der Waals surface area contributed by atoms with Crippen LogP contribution in [0.3, 0.4) is 0 Å². The van der Waals surface area contributed by atoms with Gasteiger partial charge in [-0.1, -0.05) is 12.1 Å². The van der Waals surface area contributed by atoms with Crippen LogP contribution in [-0.4, -0.2) is 26.2 Å². The third-order valence-corrected chi connectivity index (χ3v) is 6.13. The number of nitrogen functional groups attached to an aromatic ring is 2. The molecule has 2 fully saturated rings. The summed E-state index contributed by atoms with van der Waals surface area (Å²) in [5.74, 6) is 0. The normalized spacial score (nSPS) is 16.3. The predicted octanol–water partition coefficient (Wildman–Crippen LogP) is 4.97. The van der Waals surface area contributed by atoms with Crippen molar-refractivity contribution in [3.05, 3.63) is 46.5 Å². The van der Waals surface area contributed by atoms with Crippen molar-refractivity contribution in [2.24, 2.45) is 0 Å². The van der Waals surface area contributed by atoms with Crippen LogP contribution >= 0.6 is 0 Å². The predicted molar refractivity (Wildman–Crippen MR) is 124 cm³/mol. The Kier molecular flexibility index (Phi) is 6.38. The average molecular weight is 381 g/mol. The van der Waals surface area contributed by atoms with Crippen molar-refractivity contribution in [3.8, 4) is 0 Å². The van der Waals surface area contributed by atoms with Crippen molar-refractivity contribution >= 4 is 22.7 Å². The molecular weight excluding hydrogens is 344 g/mol. The molecule has 4 N–H and O–H groups in total. The molecule has 0 saturated carbocycles. The van der Waals surface area contributed by atoms with Crippen LogP contribution in [0.2, 0.25) is 0 Å². The highest BCUT2D eigenvalue weighted by molar-refractivity contribution is 5.68. The molecule has 2 aromatic rings. The molecule has 0 spiro atoms. The summed E-state index contributed by atoms with van der Waals surface area (Å²) in [6.07, 6.45) is 5.25. The summed E-state index contributed by atoms with van der Waals surface area (Å²) in [5, 5.41) is 0. The average Bonchev–Trinajstić information content (AvgIpc) is 3.36. The lowest BCUT2D eigenvalue weighted by Crippen LogP contribution is -2.20. The smallest absolute Gasteiger partial charge is 0.0446 e. The van der Waals surface area contributed by atoms with Gasteiger partial charge in [-0.15, -0.1) is 0 Å². The van der Waals surface area contributed by atoms with Crippen molar-refractivity contribution in [1.29, 1.82) is 0 Å². The number of anilines is 4. The topological polar surface area (TPSA) is 58.5 Å². The third kappa shape index (κ3) is 4.37. The first kappa shape index (κ1) is 20.4. The van der Waals surface area contributed by atoms with Crippen molar-refractivity contribution in [1.82, 2.24) is 0 Å². The Morgan fingerprint density at radius 1 is 0.643 bits per heavy atom. The quantitative estimate of drug-likeness (QED) is 0.722. The van der Waals surface area contributed by atoms with Gasteiger partial charge in [0.2, 0.25) is 0 Å². The fraction of sp³-hybridized carbons (Fsp3) is 0.500. The Balaban J connectivity index is 0.000000161. The number of aryl methyl sites for hydroxylation is 3. The molecule has 0 aliphatic carbocycles. The Morgan fingerprint density at radius 2 is 1.21 bits per heavy atom. The van der Waals surface area contributed by atoms with Gasteiger partial charge in [0, 0.05) is 48.9 Å². The SMILES string of the molecule is Cc1cc(C)c(N2CCCC2)cc1N.Cc1ccc(N)c(C)c1N1CCCC1. The van der Waals surface area contributed by atoms with E-state index in [1.165, 1.54) is 85.5 Å². The molecule has 2 aliphatic rings. The number of benzene rings is 2. The molecule has 0 bridgehead atoms. The Bertz CT molecular complexity index is 816. The molecule has 0 radical (unpaired) electrons. The largest absolute Gasteiger partial charge is 0.398 e. The lowest BCUT2D eigenvalue weighted by molar-refractivity contribution is 0.949. The van der Waals surface area contributed by atoms with Gasteiger partial charge in [0.05, 0.1) is 0 Å². The summed E-state index contributed by atoms with van der Waals surface area (Å²) in [6.45, 7) is 13.3. The van der Waals surface area contributed by atoms with E-state index in [1.54, 1.807) is 0 Å². The highest BCUT2D eigenvalue weighted by Gasteiger charge is 2.17. The monoisotopic (exact) mass is 380 g/mol. The Labute approximate surface area is 170 Å². The lowest BCUT2D eigenvalue weighted by atomic mass is 10.1. The third-order valence-electron chi connectivity index (χ3n) is 6.13. The van der Waals surface area contributed by atoms with E-state index in [2.05, 4.69) is 55.7 Å². The summed E-state index contributed by atoms with van der Waals surface area (Å²) in [7, 11) is 0. The summed E-state index contributed by atoms with van der Waals surface area (Å²) >= 11 is 0. The summed E-state index contributed by atoms with van der Waals surface area (Å²) in [6, 6.07) is 8.43. The van der Waals surface area contributed by atoms with Crippen LogP contribution in [0.4, 0.5) is 22.7 Å². The van der Waals surface area contributed by atoms with E-state index >= 15 is 0 Å². The zero-order chi connectivity index (χ0) is 20.3. The molecule has 0 atom stereocenters. The molecule has 2 heterocycles. The van der Waals surface area contributed by atoms with Crippen LogP contribution < -0.4 is 21.3 Å². The summed E-state index contributed by atoms with van der Waals surface area (Å²) in [4.78, 5) is 4.89. The van der Waals surface area contributed by atoms with E-state index in [-0.39, 0.29) is 0 Å². The second kappa shape index (κ2) is 8.76. The van der Waals surface area contributed by atoms with Gasteiger partial charge in [0.15, 0.2) is 0 Å². The van der Waals surface area contributed by atoms with Gasteiger partial charge in [-0.25, -0.2) is 0 Å². The minimum atomic E-state index is 0.914. The minimum Gasteiger partial charge on any atom is -0.398 e. The fourth-order valence-electron chi connectivity index (χ4n) is 4.43. The highest BCUT2D eigenvalue weighted by atomic mass is 15.2. The molecule has 28 heavy (non-hydrogen) atoms. The standard InChI is InChI=1S/2C12H18N2/c1-9-5-6-11(13)10(2)12(9)14-7-3-4-8-14;1-9-7-10(2)12(8-11(9)13)14-5-3-4-6-14/h5-6H,3-4,7-8,13H2,1-2H3;7-8H,3-6,13H2,1-2H3. The molecule has 2 saturated heterocycles. The molecule has 152 valence electrons. The molecule has 4 nitrogen and oxygen atoms in total. The van der Waals surface area contributed by atoms with Crippen LogP contribution in [0.5, 0.6) is 0 Å². The van der Waals surface area contributed by atoms with Crippen molar-refractivity contribution in [2.45, 2.75) is 53.4 Å². The van der Waals surface area contributed by atoms with E-state index in [1.807, 2.05) is 6.07 Å². The first-order chi connectivity index (χ1) is 13.4. The van der Waals surface area contributed by atoms with Gasteiger partial charge in [-0.3, -0.25) is 0 Å². The lowest BCUT2D eigenvalue weighted by Gasteiger charge is -2.23. The van der Waals surface area contributed by atoms with Gasteiger partial charge >= 0.3 is 0 Å². The van der Waals surface area contributed by atoms with Crippen molar-refractivity contribution < 1.29 is 0 Å². The maximum Gasteiger partial charge on any atom is 0.0446 e. The van der Waals surface area contributed by atoms with E-state index in [0.717, 1.165) is 11.4 Å². The molecule has 4 heteroatoms. The Hall–Kier alpha value is -2.36. The molecule has 0 unspecified atom stereocenters. The number of nitrogens with two attached hydrogens (primary N) is 2. The van der Waals surface area contributed by atoms with Gasteiger partial charge in [0.25, 0.3) is 0 Å². The number of hydrogen-bond donors (Lipinski definition) is 2. The second-order valence-electron chi connectivity index (χ2n) is 8.33. The molecular formula is C24H36N4. The van der Waals surface area contributed by atoms with Crippen molar-refractivity contribution in [2.75, 3.05) is 47.4 Å². The zero-order valence-electron chi connectivity index (χ0n) is 18.0. The van der Waals surface area contributed by atoms with Gasteiger partial charge in [-0.2, -0.15) is 0 Å². The summed E-state index contributed by atoms with van der Waals surface area (Å²) in [5.41, 5.74) is 21.5. The zero-order valence-corrected chi connectivity index (χ0v) is 18.0. The molecule has 2 aromatic carbocycles.